The van der Waals surface area contributed by atoms with Crippen molar-refractivity contribution in [2.24, 2.45) is 0 Å². The Kier molecular flexibility index (Phi) is 4.05. The van der Waals surface area contributed by atoms with Gasteiger partial charge in [-0.25, -0.2) is 9.64 Å². The first-order valence-electron chi connectivity index (χ1n) is 7.95. The second-order valence-electron chi connectivity index (χ2n) is 6.01. The monoisotopic (exact) mass is 412 g/mol. The van der Waals surface area contributed by atoms with Gasteiger partial charge in [0, 0.05) is 10.4 Å². The molecule has 130 valence electrons. The number of nitrogens with one attached hydrogen (secondary N) is 1. The molecule has 4 rings (SSSR count). The van der Waals surface area contributed by atoms with Crippen molar-refractivity contribution >= 4 is 21.6 Å². The average molecular weight is 413 g/mol. The van der Waals surface area contributed by atoms with Gasteiger partial charge in [0.15, 0.2) is 11.4 Å². The van der Waals surface area contributed by atoms with E-state index in [1.54, 1.807) is 18.2 Å². The van der Waals surface area contributed by atoms with Crippen molar-refractivity contribution in [3.63, 3.8) is 0 Å². The maximum absolute atomic E-state index is 11.3. The molecule has 6 nitrogen and oxygen atoms in total. The fraction of sp³-hybridized carbons (Fsp3) is 0.158. The highest BCUT2D eigenvalue weighted by Gasteiger charge is 2.30. The number of nitrogens with zero attached hydrogens (tertiary/aromatic N) is 1. The number of hydrogen-bond donors (Lipinski definition) is 2. The first kappa shape index (κ1) is 16.5. The molecule has 1 atom stereocenters. The van der Waals surface area contributed by atoms with E-state index in [0.717, 1.165) is 24.0 Å². The van der Waals surface area contributed by atoms with E-state index in [4.69, 9.17) is 15.7 Å². The summed E-state index contributed by atoms with van der Waals surface area (Å²) in [6.07, 6.45) is 1.54. The van der Waals surface area contributed by atoms with Crippen LogP contribution in [0.15, 0.2) is 50.1 Å². The molecule has 0 radical (unpaired) electrons. The van der Waals surface area contributed by atoms with Crippen molar-refractivity contribution in [1.29, 1.82) is 0 Å². The van der Waals surface area contributed by atoms with Crippen LogP contribution in [0.25, 0.3) is 4.85 Å². The lowest BCUT2D eigenvalue weighted by molar-refractivity contribution is 0.407. The zero-order valence-corrected chi connectivity index (χ0v) is 15.0. The Morgan fingerprint density at radius 1 is 1.31 bits per heavy atom. The van der Waals surface area contributed by atoms with Crippen LogP contribution in [0, 0.1) is 6.57 Å². The molecule has 0 unspecified atom stereocenters. The van der Waals surface area contributed by atoms with Gasteiger partial charge >= 0.3 is 5.76 Å². The normalized spacial score (nSPS) is 15.5. The number of aromatic nitrogens is 1. The van der Waals surface area contributed by atoms with E-state index in [2.05, 4.69) is 25.8 Å². The third-order valence-electron chi connectivity index (χ3n) is 4.44. The van der Waals surface area contributed by atoms with Gasteiger partial charge in [0.2, 0.25) is 5.88 Å². The zero-order valence-electron chi connectivity index (χ0n) is 13.5. The number of aryl methyl sites for hydroxylation is 1. The summed E-state index contributed by atoms with van der Waals surface area (Å²) in [6, 6.07) is 10.9. The molecule has 2 aromatic carbocycles. The van der Waals surface area contributed by atoms with Crippen molar-refractivity contribution in [3.05, 3.63) is 79.7 Å². The van der Waals surface area contributed by atoms with E-state index in [1.165, 1.54) is 0 Å². The van der Waals surface area contributed by atoms with Crippen LogP contribution in [0.4, 0.5) is 5.69 Å². The number of benzene rings is 2. The minimum absolute atomic E-state index is 0.150. The fourth-order valence-electron chi connectivity index (χ4n) is 3.27. The Labute approximate surface area is 157 Å². The summed E-state index contributed by atoms with van der Waals surface area (Å²) in [5, 5.41) is 9.84. The highest BCUT2D eigenvalue weighted by atomic mass is 79.9. The largest absolute Gasteiger partial charge is 0.492 e. The van der Waals surface area contributed by atoms with Crippen LogP contribution >= 0.6 is 15.9 Å². The smallest absolute Gasteiger partial charge is 0.419 e. The van der Waals surface area contributed by atoms with Crippen molar-refractivity contribution in [2.45, 2.75) is 18.8 Å². The SMILES string of the molecule is [C-]#[N+]c1ccc(Oc2ccc3c(c2)CC[C@H]3c2oc(=O)[nH]c2O)c(Br)c1. The van der Waals surface area contributed by atoms with Gasteiger partial charge in [0.25, 0.3) is 0 Å². The highest BCUT2D eigenvalue weighted by Crippen LogP contribution is 2.42. The molecule has 0 aliphatic heterocycles. The predicted octanol–water partition coefficient (Wildman–Crippen LogP) is 4.86. The van der Waals surface area contributed by atoms with Gasteiger partial charge in [-0.05, 0) is 64.2 Å². The minimum atomic E-state index is -0.654. The fourth-order valence-corrected chi connectivity index (χ4v) is 3.71. The van der Waals surface area contributed by atoms with Gasteiger partial charge in [-0.15, -0.1) is 0 Å². The second-order valence-corrected chi connectivity index (χ2v) is 6.86. The van der Waals surface area contributed by atoms with Crippen molar-refractivity contribution in [2.75, 3.05) is 0 Å². The lowest BCUT2D eigenvalue weighted by Crippen LogP contribution is -1.97. The van der Waals surface area contributed by atoms with Crippen LogP contribution in [-0.2, 0) is 6.42 Å². The van der Waals surface area contributed by atoms with Crippen LogP contribution in [0.1, 0.15) is 29.2 Å². The molecule has 0 saturated heterocycles. The number of fused-ring (bicyclic) bond motifs is 1. The maximum atomic E-state index is 11.3. The highest BCUT2D eigenvalue weighted by molar-refractivity contribution is 9.10. The van der Waals surface area contributed by atoms with Gasteiger partial charge in [-0.1, -0.05) is 12.1 Å². The summed E-state index contributed by atoms with van der Waals surface area (Å²) < 4.78 is 11.7. The van der Waals surface area contributed by atoms with Crippen LogP contribution in [0.2, 0.25) is 0 Å². The van der Waals surface area contributed by atoms with Gasteiger partial charge in [0.1, 0.15) is 11.5 Å². The lowest BCUT2D eigenvalue weighted by atomic mass is 9.99. The topological polar surface area (TPSA) is 79.8 Å². The molecule has 7 heteroatoms. The van der Waals surface area contributed by atoms with Gasteiger partial charge < -0.3 is 14.3 Å². The molecule has 0 fully saturated rings. The molecule has 0 amide bonds. The maximum Gasteiger partial charge on any atom is 0.419 e. The summed E-state index contributed by atoms with van der Waals surface area (Å²) >= 11 is 3.42. The third-order valence-corrected chi connectivity index (χ3v) is 5.06. The quantitative estimate of drug-likeness (QED) is 0.602. The molecule has 1 aliphatic carbocycles. The third kappa shape index (κ3) is 2.89. The Bertz CT molecular complexity index is 1090. The Morgan fingerprint density at radius 2 is 2.15 bits per heavy atom. The molecule has 1 heterocycles. The Morgan fingerprint density at radius 3 is 2.85 bits per heavy atom. The number of halogens is 1. The molecular formula is C19H13BrN2O4. The Balaban J connectivity index is 1.62. The number of aromatic hydroxyl groups is 1. The number of rotatable bonds is 3. The van der Waals surface area contributed by atoms with E-state index in [-0.39, 0.29) is 17.6 Å². The first-order chi connectivity index (χ1) is 12.5. The number of oxazole rings is 1. The zero-order chi connectivity index (χ0) is 18.3. The van der Waals surface area contributed by atoms with Crippen molar-refractivity contribution < 1.29 is 14.3 Å². The molecule has 0 saturated carbocycles. The van der Waals surface area contributed by atoms with Crippen molar-refractivity contribution in [3.8, 4) is 17.4 Å². The molecule has 26 heavy (non-hydrogen) atoms. The van der Waals surface area contributed by atoms with Crippen LogP contribution in [0.5, 0.6) is 17.4 Å². The summed E-state index contributed by atoms with van der Waals surface area (Å²) in [5.74, 6) is 0.569. The first-order valence-corrected chi connectivity index (χ1v) is 8.74. The minimum Gasteiger partial charge on any atom is -0.492 e. The van der Waals surface area contributed by atoms with Crippen LogP contribution in [-0.4, -0.2) is 10.1 Å². The van der Waals surface area contributed by atoms with Gasteiger partial charge in [-0.3, -0.25) is 4.98 Å². The summed E-state index contributed by atoms with van der Waals surface area (Å²) in [6.45, 7) is 7.04. The summed E-state index contributed by atoms with van der Waals surface area (Å²) in [7, 11) is 0. The van der Waals surface area contributed by atoms with Crippen LogP contribution < -0.4 is 10.5 Å². The Hall–Kier alpha value is -2.98. The lowest BCUT2D eigenvalue weighted by Gasteiger charge is -2.11. The van der Waals surface area contributed by atoms with Crippen LogP contribution in [0.3, 0.4) is 0 Å². The molecule has 2 N–H and O–H groups in total. The molecule has 3 aromatic rings. The number of ether oxygens (including phenoxy) is 1. The standard InChI is InChI=1S/C19H13BrN2O4/c1-21-11-3-7-16(15(20)9-11)25-12-4-6-13-10(8-12)2-5-14(13)17-18(23)22-19(24)26-17/h3-4,6-9,14,23H,2,5H2,(H,22,24)/t14-/m1/s1. The average Bonchev–Trinajstić information content (AvgIpc) is 3.18. The van der Waals surface area contributed by atoms with E-state index >= 15 is 0 Å². The molecule has 0 spiro atoms. The van der Waals surface area contributed by atoms with Crippen molar-refractivity contribution in [1.82, 2.24) is 4.98 Å². The summed E-state index contributed by atoms with van der Waals surface area (Å²) in [4.78, 5) is 16.9. The molecule has 1 aromatic heterocycles. The van der Waals surface area contributed by atoms with E-state index in [1.807, 2.05) is 18.2 Å². The molecule has 1 aliphatic rings. The number of aromatic amines is 1. The second kappa shape index (κ2) is 6.39. The van der Waals surface area contributed by atoms with E-state index in [0.29, 0.717) is 21.7 Å². The van der Waals surface area contributed by atoms with Gasteiger partial charge in [-0.2, -0.15) is 0 Å². The summed E-state index contributed by atoms with van der Waals surface area (Å²) in [5.41, 5.74) is 2.64. The van der Waals surface area contributed by atoms with E-state index in [9.17, 15) is 9.90 Å². The van der Waals surface area contributed by atoms with E-state index < -0.39 is 5.76 Å². The number of H-pyrrole nitrogens is 1. The number of hydrogen-bond acceptors (Lipinski definition) is 4. The van der Waals surface area contributed by atoms with Gasteiger partial charge in [0.05, 0.1) is 6.57 Å². The predicted molar refractivity (Wildman–Crippen MR) is 98.1 cm³/mol. The molecular weight excluding hydrogens is 400 g/mol. The molecule has 0 bridgehead atoms.